The highest BCUT2D eigenvalue weighted by atomic mass is 16.3. The van der Waals surface area contributed by atoms with E-state index in [4.69, 9.17) is 5.73 Å². The molecular formula is C21H32N3O3+. The first-order valence-electron chi connectivity index (χ1n) is 10.2. The van der Waals surface area contributed by atoms with Crippen LogP contribution in [0.3, 0.4) is 0 Å². The van der Waals surface area contributed by atoms with Gasteiger partial charge in [-0.3, -0.25) is 4.79 Å². The van der Waals surface area contributed by atoms with E-state index in [2.05, 4.69) is 5.32 Å². The Balaban J connectivity index is 1.69. The molecule has 2 amide bonds. The van der Waals surface area contributed by atoms with Crippen LogP contribution in [0, 0.1) is 0 Å². The van der Waals surface area contributed by atoms with Crippen LogP contribution in [0.15, 0.2) is 30.3 Å². The molecule has 4 N–H and O–H groups in total. The van der Waals surface area contributed by atoms with Crippen molar-refractivity contribution < 1.29 is 19.2 Å². The number of nitrogens with zero attached hydrogens (tertiary/aromatic N) is 1. The van der Waals surface area contributed by atoms with E-state index in [0.717, 1.165) is 44.1 Å². The van der Waals surface area contributed by atoms with Gasteiger partial charge < -0.3 is 16.2 Å². The molecule has 1 aliphatic carbocycles. The second-order valence-corrected chi connectivity index (χ2v) is 8.04. The number of carbonyl (C=O) groups is 2. The molecule has 1 aliphatic heterocycles. The highest BCUT2D eigenvalue weighted by Crippen LogP contribution is 2.26. The van der Waals surface area contributed by atoms with Gasteiger partial charge in [-0.25, -0.2) is 9.28 Å². The number of likely N-dealkylation sites (tertiary alicyclic amines) is 1. The van der Waals surface area contributed by atoms with E-state index >= 15 is 0 Å². The Kier molecular flexibility index (Phi) is 6.63. The van der Waals surface area contributed by atoms with Crippen LogP contribution < -0.4 is 11.1 Å². The molecule has 2 atom stereocenters. The van der Waals surface area contributed by atoms with E-state index < -0.39 is 18.2 Å². The van der Waals surface area contributed by atoms with Crippen LogP contribution in [0.25, 0.3) is 0 Å². The number of hydrogen-bond acceptors (Lipinski definition) is 4. The smallest absolute Gasteiger partial charge is 0.333 e. The lowest BCUT2D eigenvalue weighted by Gasteiger charge is -2.37. The number of amides is 2. The summed E-state index contributed by atoms with van der Waals surface area (Å²) in [6.45, 7) is 0.946. The Morgan fingerprint density at radius 1 is 1.07 bits per heavy atom. The van der Waals surface area contributed by atoms with E-state index in [1.807, 2.05) is 30.3 Å². The van der Waals surface area contributed by atoms with Gasteiger partial charge in [0, 0.05) is 25.3 Å². The average molecular weight is 375 g/mol. The van der Waals surface area contributed by atoms with Crippen LogP contribution >= 0.6 is 0 Å². The molecule has 1 heterocycles. The molecule has 1 aromatic carbocycles. The van der Waals surface area contributed by atoms with Gasteiger partial charge in [-0.2, -0.15) is 0 Å². The summed E-state index contributed by atoms with van der Waals surface area (Å²) in [6.07, 6.45) is 5.96. The minimum atomic E-state index is -1.37. The van der Waals surface area contributed by atoms with Crippen molar-refractivity contribution in [2.75, 3.05) is 13.1 Å². The van der Waals surface area contributed by atoms with Crippen LogP contribution in [0.5, 0.6) is 0 Å². The summed E-state index contributed by atoms with van der Waals surface area (Å²) in [4.78, 5) is 25.9. The quantitative estimate of drug-likeness (QED) is 0.657. The molecule has 2 fully saturated rings. The molecule has 0 spiro atoms. The summed E-state index contributed by atoms with van der Waals surface area (Å²) < 4.78 is -0.230. The minimum Gasteiger partial charge on any atom is -0.346 e. The van der Waals surface area contributed by atoms with Crippen LogP contribution in [0.1, 0.15) is 50.5 Å². The summed E-state index contributed by atoms with van der Waals surface area (Å²) >= 11 is 0. The van der Waals surface area contributed by atoms with Gasteiger partial charge in [0.2, 0.25) is 0 Å². The lowest BCUT2D eigenvalue weighted by atomic mass is 9.95. The normalized spacial score (nSPS) is 22.1. The number of nitrogens with one attached hydrogen (secondary N) is 1. The lowest BCUT2D eigenvalue weighted by Crippen LogP contribution is -2.67. The van der Waals surface area contributed by atoms with Crippen molar-refractivity contribution in [2.45, 2.75) is 69.7 Å². The Hall–Kier alpha value is -1.76. The molecule has 2 aliphatic rings. The van der Waals surface area contributed by atoms with Crippen molar-refractivity contribution in [3.63, 3.8) is 0 Å². The summed E-state index contributed by atoms with van der Waals surface area (Å²) in [7, 11) is 0. The molecule has 6 nitrogen and oxygen atoms in total. The standard InChI is InChI=1S/C21H31N3O3/c22-18(15-16-9-3-1-4-10-16)20(26)24(13-7-8-14-24)21(27)19(25)23-17-11-5-2-6-12-17/h1,3-4,9-10,17-18,21,27H,2,5-8,11-15,22H2/p+1. The number of aliphatic hydroxyl groups is 1. The SMILES string of the molecule is NC(Cc1ccccc1)C(=O)[N+]1(C(O)C(=O)NC2CCCCC2)CCCC1. The average Bonchev–Trinajstić information content (AvgIpc) is 3.19. The second kappa shape index (κ2) is 8.95. The van der Waals surface area contributed by atoms with E-state index in [-0.39, 0.29) is 16.4 Å². The number of nitrogens with two attached hydrogens (primary N) is 1. The van der Waals surface area contributed by atoms with Gasteiger partial charge in [0.15, 0.2) is 0 Å². The molecular weight excluding hydrogens is 342 g/mol. The molecule has 0 radical (unpaired) electrons. The first-order chi connectivity index (χ1) is 13.0. The number of carbonyl (C=O) groups excluding carboxylic acids is 2. The van der Waals surface area contributed by atoms with Gasteiger partial charge >= 0.3 is 11.8 Å². The monoisotopic (exact) mass is 374 g/mol. The van der Waals surface area contributed by atoms with Crippen molar-refractivity contribution in [2.24, 2.45) is 5.73 Å². The number of aliphatic hydroxyl groups excluding tert-OH is 1. The molecule has 1 saturated heterocycles. The first kappa shape index (κ1) is 20.0. The maximum atomic E-state index is 13.2. The van der Waals surface area contributed by atoms with Gasteiger partial charge in [-0.15, -0.1) is 0 Å². The van der Waals surface area contributed by atoms with Crippen molar-refractivity contribution in [3.8, 4) is 0 Å². The molecule has 0 bridgehead atoms. The highest BCUT2D eigenvalue weighted by Gasteiger charge is 2.51. The van der Waals surface area contributed by atoms with Crippen LogP contribution in [0.2, 0.25) is 0 Å². The zero-order valence-electron chi connectivity index (χ0n) is 16.0. The summed E-state index contributed by atoms with van der Waals surface area (Å²) in [5, 5.41) is 13.8. The molecule has 148 valence electrons. The summed E-state index contributed by atoms with van der Waals surface area (Å²) in [6, 6.07) is 9.00. The van der Waals surface area contributed by atoms with Crippen molar-refractivity contribution in [1.29, 1.82) is 0 Å². The zero-order chi connectivity index (χ0) is 19.3. The van der Waals surface area contributed by atoms with E-state index in [1.165, 1.54) is 6.42 Å². The van der Waals surface area contributed by atoms with E-state index in [1.54, 1.807) is 0 Å². The van der Waals surface area contributed by atoms with Gasteiger partial charge in [0.1, 0.15) is 6.04 Å². The second-order valence-electron chi connectivity index (χ2n) is 8.04. The van der Waals surface area contributed by atoms with E-state index in [0.29, 0.717) is 19.5 Å². The van der Waals surface area contributed by atoms with E-state index in [9.17, 15) is 14.7 Å². The van der Waals surface area contributed by atoms with Crippen LogP contribution in [-0.2, 0) is 16.0 Å². The molecule has 27 heavy (non-hydrogen) atoms. The number of benzene rings is 1. The summed E-state index contributed by atoms with van der Waals surface area (Å²) in [5.74, 6) is -0.660. The third-order valence-corrected chi connectivity index (χ3v) is 6.07. The Labute approximate surface area is 161 Å². The van der Waals surface area contributed by atoms with Gasteiger partial charge in [-0.1, -0.05) is 49.6 Å². The zero-order valence-corrected chi connectivity index (χ0v) is 16.0. The van der Waals surface area contributed by atoms with Gasteiger partial charge in [-0.05, 0) is 18.4 Å². The summed E-state index contributed by atoms with van der Waals surface area (Å²) in [5.41, 5.74) is 7.21. The van der Waals surface area contributed by atoms with Gasteiger partial charge in [0.25, 0.3) is 6.23 Å². The molecule has 2 unspecified atom stereocenters. The van der Waals surface area contributed by atoms with Gasteiger partial charge in [0.05, 0.1) is 13.1 Å². The van der Waals surface area contributed by atoms with Crippen molar-refractivity contribution in [1.82, 2.24) is 5.32 Å². The molecule has 6 heteroatoms. The lowest BCUT2D eigenvalue weighted by molar-refractivity contribution is -0.880. The Morgan fingerprint density at radius 2 is 1.70 bits per heavy atom. The predicted molar refractivity (Wildman–Crippen MR) is 103 cm³/mol. The molecule has 3 rings (SSSR count). The third-order valence-electron chi connectivity index (χ3n) is 6.07. The number of hydrogen-bond donors (Lipinski definition) is 3. The van der Waals surface area contributed by atoms with Crippen LogP contribution in [0.4, 0.5) is 0 Å². The third kappa shape index (κ3) is 4.57. The predicted octanol–water partition coefficient (Wildman–Crippen LogP) is 1.46. The fourth-order valence-corrected chi connectivity index (χ4v) is 4.52. The first-order valence-corrected chi connectivity index (χ1v) is 10.2. The van der Waals surface area contributed by atoms with Crippen molar-refractivity contribution >= 4 is 11.8 Å². The Morgan fingerprint density at radius 3 is 2.33 bits per heavy atom. The number of quaternary nitrogens is 1. The largest absolute Gasteiger partial charge is 0.346 e. The molecule has 0 aromatic heterocycles. The maximum Gasteiger partial charge on any atom is 0.333 e. The highest BCUT2D eigenvalue weighted by molar-refractivity contribution is 5.84. The maximum absolute atomic E-state index is 13.2. The Bertz CT molecular complexity index is 637. The molecule has 1 aromatic rings. The fraction of sp³-hybridized carbons (Fsp3) is 0.619. The molecule has 1 saturated carbocycles. The van der Waals surface area contributed by atoms with Crippen molar-refractivity contribution in [3.05, 3.63) is 35.9 Å². The number of rotatable bonds is 6. The fourth-order valence-electron chi connectivity index (χ4n) is 4.52. The van der Waals surface area contributed by atoms with Crippen LogP contribution in [-0.4, -0.2) is 52.8 Å². The topological polar surface area (TPSA) is 92.4 Å². The minimum absolute atomic E-state index is 0.108.